The lowest BCUT2D eigenvalue weighted by atomic mass is 10.1. The van der Waals surface area contributed by atoms with Gasteiger partial charge in [-0.1, -0.05) is 27.5 Å². The molecule has 2 heterocycles. The van der Waals surface area contributed by atoms with Gasteiger partial charge in [0.15, 0.2) is 5.11 Å². The number of carbonyl (C=O) groups excluding carboxylic acids is 2. The van der Waals surface area contributed by atoms with E-state index < -0.39 is 6.04 Å². The van der Waals surface area contributed by atoms with Crippen LogP contribution in [0.15, 0.2) is 46.9 Å². The number of benzene rings is 2. The number of rotatable bonds is 8. The van der Waals surface area contributed by atoms with Crippen LogP contribution >= 0.6 is 39.7 Å². The molecule has 8 nitrogen and oxygen atoms in total. The Morgan fingerprint density at radius 2 is 1.83 bits per heavy atom. The van der Waals surface area contributed by atoms with Crippen LogP contribution in [0.2, 0.25) is 5.02 Å². The average molecular weight is 595 g/mol. The summed E-state index contributed by atoms with van der Waals surface area (Å²) < 4.78 is 6.16. The highest BCUT2D eigenvalue weighted by Crippen LogP contribution is 2.33. The summed E-state index contributed by atoms with van der Waals surface area (Å²) in [6, 6.07) is 11.7. The van der Waals surface area contributed by atoms with E-state index in [1.54, 1.807) is 30.3 Å². The van der Waals surface area contributed by atoms with Gasteiger partial charge in [-0.3, -0.25) is 19.4 Å². The summed E-state index contributed by atoms with van der Waals surface area (Å²) in [4.78, 5) is 34.6. The van der Waals surface area contributed by atoms with Crippen LogP contribution in [0.5, 0.6) is 5.75 Å². The summed E-state index contributed by atoms with van der Waals surface area (Å²) >= 11 is 15.5. The first-order valence-electron chi connectivity index (χ1n) is 11.7. The van der Waals surface area contributed by atoms with Crippen LogP contribution < -0.4 is 15.0 Å². The van der Waals surface area contributed by atoms with Crippen LogP contribution in [-0.4, -0.2) is 91.1 Å². The smallest absolute Gasteiger partial charge is 0.256 e. The lowest BCUT2D eigenvalue weighted by molar-refractivity contribution is -0.124. The Labute approximate surface area is 230 Å². The van der Waals surface area contributed by atoms with Crippen molar-refractivity contribution in [1.82, 2.24) is 14.7 Å². The number of piperazine rings is 1. The first-order valence-corrected chi connectivity index (χ1v) is 13.3. The van der Waals surface area contributed by atoms with Gasteiger partial charge >= 0.3 is 0 Å². The number of nitrogens with zero attached hydrogens (tertiary/aromatic N) is 4. The standard InChI is InChI=1S/C25H29BrClN5O3S/c1-29-9-11-30(12-10-29)13-14-31-21(16-23(33)28-18-5-3-17(26)4-6-18)24(34)32(25(31)36)19-7-8-22(35-2)20(27)15-19/h3-8,15,21H,9-14,16H2,1-2H3,(H,28,33)/t21-/m0/s1. The lowest BCUT2D eigenvalue weighted by Gasteiger charge is -2.34. The highest BCUT2D eigenvalue weighted by atomic mass is 79.9. The summed E-state index contributed by atoms with van der Waals surface area (Å²) in [5, 5.41) is 3.64. The average Bonchev–Trinajstić information content (AvgIpc) is 3.08. The second kappa shape index (κ2) is 11.9. The molecule has 2 saturated heterocycles. The first-order chi connectivity index (χ1) is 17.3. The molecule has 2 aromatic carbocycles. The van der Waals surface area contributed by atoms with Gasteiger partial charge in [0.2, 0.25) is 5.91 Å². The van der Waals surface area contributed by atoms with Gasteiger partial charge in [-0.25, -0.2) is 0 Å². The molecule has 1 N–H and O–H groups in total. The number of hydrogen-bond donors (Lipinski definition) is 1. The minimum Gasteiger partial charge on any atom is -0.495 e. The second-order valence-electron chi connectivity index (χ2n) is 8.89. The highest BCUT2D eigenvalue weighted by molar-refractivity contribution is 9.10. The van der Waals surface area contributed by atoms with Gasteiger partial charge in [0.1, 0.15) is 11.8 Å². The molecule has 0 aromatic heterocycles. The molecule has 0 saturated carbocycles. The fraction of sp³-hybridized carbons (Fsp3) is 0.400. The molecule has 11 heteroatoms. The number of thiocarbonyl (C=S) groups is 1. The van der Waals surface area contributed by atoms with E-state index in [4.69, 9.17) is 28.6 Å². The maximum absolute atomic E-state index is 13.6. The fourth-order valence-electron chi connectivity index (χ4n) is 4.36. The minimum absolute atomic E-state index is 0.0157. The van der Waals surface area contributed by atoms with Crippen LogP contribution in [0.3, 0.4) is 0 Å². The monoisotopic (exact) mass is 593 g/mol. The Bertz CT molecular complexity index is 1130. The van der Waals surface area contributed by atoms with E-state index in [0.29, 0.717) is 33.8 Å². The molecule has 2 aliphatic heterocycles. The molecule has 2 aromatic rings. The summed E-state index contributed by atoms with van der Waals surface area (Å²) in [5.74, 6) is 0.0126. The number of hydrogen-bond acceptors (Lipinski definition) is 6. The molecule has 36 heavy (non-hydrogen) atoms. The molecule has 0 unspecified atom stereocenters. The quantitative estimate of drug-likeness (QED) is 0.468. The minimum atomic E-state index is -0.707. The fourth-order valence-corrected chi connectivity index (χ4v) is 5.29. The van der Waals surface area contributed by atoms with Crippen LogP contribution in [-0.2, 0) is 9.59 Å². The SMILES string of the molecule is COc1ccc(N2C(=O)[C@H](CC(=O)Nc3ccc(Br)cc3)N(CCN3CCN(C)CC3)C2=S)cc1Cl. The van der Waals surface area contributed by atoms with E-state index in [1.807, 2.05) is 17.0 Å². The predicted molar refractivity (Wildman–Crippen MR) is 150 cm³/mol. The molecular formula is C25H29BrClN5O3S. The van der Waals surface area contributed by atoms with Crippen LogP contribution in [0, 0.1) is 0 Å². The first kappa shape index (κ1) is 26.8. The Balaban J connectivity index is 1.53. The maximum atomic E-state index is 13.6. The van der Waals surface area contributed by atoms with Crippen molar-refractivity contribution in [3.05, 3.63) is 52.0 Å². The molecular weight excluding hydrogens is 566 g/mol. The number of amides is 2. The van der Waals surface area contributed by atoms with Crippen molar-refractivity contribution in [2.45, 2.75) is 12.5 Å². The van der Waals surface area contributed by atoms with Crippen molar-refractivity contribution in [2.75, 3.05) is 63.6 Å². The Morgan fingerprint density at radius 3 is 2.47 bits per heavy atom. The summed E-state index contributed by atoms with van der Waals surface area (Å²) in [6.07, 6.45) is -0.0157. The predicted octanol–water partition coefficient (Wildman–Crippen LogP) is 3.69. The molecule has 4 rings (SSSR count). The van der Waals surface area contributed by atoms with E-state index >= 15 is 0 Å². The maximum Gasteiger partial charge on any atom is 0.256 e. The van der Waals surface area contributed by atoms with Crippen molar-refractivity contribution in [3.63, 3.8) is 0 Å². The van der Waals surface area contributed by atoms with E-state index in [9.17, 15) is 9.59 Å². The highest BCUT2D eigenvalue weighted by Gasteiger charge is 2.44. The van der Waals surface area contributed by atoms with E-state index in [1.165, 1.54) is 12.0 Å². The van der Waals surface area contributed by atoms with E-state index in [2.05, 4.69) is 38.1 Å². The van der Waals surface area contributed by atoms with Crippen molar-refractivity contribution in [3.8, 4) is 5.75 Å². The number of carbonyl (C=O) groups is 2. The summed E-state index contributed by atoms with van der Waals surface area (Å²) in [6.45, 7) is 5.21. The van der Waals surface area contributed by atoms with E-state index in [-0.39, 0.29) is 18.2 Å². The van der Waals surface area contributed by atoms with Crippen molar-refractivity contribution in [2.24, 2.45) is 0 Å². The summed E-state index contributed by atoms with van der Waals surface area (Å²) in [7, 11) is 3.65. The Kier molecular flexibility index (Phi) is 8.84. The molecule has 0 spiro atoms. The van der Waals surface area contributed by atoms with Gasteiger partial charge in [-0.05, 0) is 61.7 Å². The number of methoxy groups -OCH3 is 1. The molecule has 0 aliphatic carbocycles. The van der Waals surface area contributed by atoms with Crippen LogP contribution in [0.1, 0.15) is 6.42 Å². The van der Waals surface area contributed by atoms with Gasteiger partial charge in [-0.2, -0.15) is 0 Å². The van der Waals surface area contributed by atoms with Crippen molar-refractivity contribution in [1.29, 1.82) is 0 Å². The van der Waals surface area contributed by atoms with Crippen LogP contribution in [0.25, 0.3) is 0 Å². The van der Waals surface area contributed by atoms with Crippen LogP contribution in [0.4, 0.5) is 11.4 Å². The number of anilines is 2. The Morgan fingerprint density at radius 1 is 1.14 bits per heavy atom. The number of likely N-dealkylation sites (N-methyl/N-ethyl adjacent to an activating group) is 1. The third-order valence-corrected chi connectivity index (χ3v) is 7.71. The lowest BCUT2D eigenvalue weighted by Crippen LogP contribution is -2.48. The number of halogens is 2. The molecule has 2 aliphatic rings. The third-order valence-electron chi connectivity index (χ3n) is 6.47. The van der Waals surface area contributed by atoms with Gasteiger partial charge < -0.3 is 19.9 Å². The second-order valence-corrected chi connectivity index (χ2v) is 10.6. The zero-order chi connectivity index (χ0) is 25.8. The van der Waals surface area contributed by atoms with Gasteiger partial charge in [-0.15, -0.1) is 0 Å². The van der Waals surface area contributed by atoms with Gasteiger partial charge in [0, 0.05) is 49.4 Å². The molecule has 192 valence electrons. The zero-order valence-electron chi connectivity index (χ0n) is 20.2. The van der Waals surface area contributed by atoms with E-state index in [0.717, 1.165) is 37.2 Å². The summed E-state index contributed by atoms with van der Waals surface area (Å²) in [5.41, 5.74) is 1.22. The Hall–Kier alpha value is -2.24. The number of ether oxygens (including phenoxy) is 1. The molecule has 1 atom stereocenters. The molecule has 0 radical (unpaired) electrons. The van der Waals surface area contributed by atoms with Gasteiger partial charge in [0.25, 0.3) is 5.91 Å². The van der Waals surface area contributed by atoms with Crippen molar-refractivity contribution < 1.29 is 14.3 Å². The van der Waals surface area contributed by atoms with Gasteiger partial charge in [0.05, 0.1) is 24.2 Å². The normalized spacial score (nSPS) is 19.2. The van der Waals surface area contributed by atoms with Crippen molar-refractivity contribution >= 4 is 68.1 Å². The molecule has 2 amide bonds. The third kappa shape index (κ3) is 6.18. The topological polar surface area (TPSA) is 68.4 Å². The molecule has 2 fully saturated rings. The number of nitrogens with one attached hydrogen (secondary N) is 1. The molecule has 0 bridgehead atoms. The zero-order valence-corrected chi connectivity index (χ0v) is 23.4. The largest absolute Gasteiger partial charge is 0.495 e.